The van der Waals surface area contributed by atoms with Gasteiger partial charge in [0.1, 0.15) is 6.07 Å². The molecule has 2 fully saturated rings. The van der Waals surface area contributed by atoms with Crippen molar-refractivity contribution >= 4 is 11.6 Å². The second kappa shape index (κ2) is 11.8. The van der Waals surface area contributed by atoms with E-state index in [0.29, 0.717) is 6.04 Å². The Kier molecular flexibility index (Phi) is 8.82. The number of nitriles is 1. The van der Waals surface area contributed by atoms with Crippen LogP contribution in [0.4, 0.5) is 5.69 Å². The van der Waals surface area contributed by atoms with Gasteiger partial charge in [0.15, 0.2) is 5.96 Å². The molecule has 6 heteroatoms. The highest BCUT2D eigenvalue weighted by Crippen LogP contribution is 2.24. The number of likely N-dealkylation sites (tertiary alicyclic amines) is 1. The highest BCUT2D eigenvalue weighted by Gasteiger charge is 2.23. The van der Waals surface area contributed by atoms with Crippen LogP contribution in [0.2, 0.25) is 0 Å². The van der Waals surface area contributed by atoms with Crippen molar-refractivity contribution in [1.29, 1.82) is 5.26 Å². The van der Waals surface area contributed by atoms with Gasteiger partial charge in [0.25, 0.3) is 0 Å². The number of rotatable bonds is 7. The minimum absolute atomic E-state index is 0.344. The van der Waals surface area contributed by atoms with Gasteiger partial charge in [-0.1, -0.05) is 19.1 Å². The summed E-state index contributed by atoms with van der Waals surface area (Å²) in [6.07, 6.45) is 6.05. The molecule has 0 aliphatic carbocycles. The van der Waals surface area contributed by atoms with Gasteiger partial charge in [-0.05, 0) is 76.7 Å². The van der Waals surface area contributed by atoms with Crippen LogP contribution in [0.1, 0.15) is 51.5 Å². The van der Waals surface area contributed by atoms with Gasteiger partial charge < -0.3 is 20.4 Å². The summed E-state index contributed by atoms with van der Waals surface area (Å²) in [7, 11) is 0. The smallest absolute Gasteiger partial charge is 0.191 e. The molecule has 0 saturated carbocycles. The van der Waals surface area contributed by atoms with E-state index in [1.807, 2.05) is 18.2 Å². The third-order valence-electron chi connectivity index (χ3n) is 6.43. The van der Waals surface area contributed by atoms with Gasteiger partial charge in [0.05, 0.1) is 11.3 Å². The molecule has 0 radical (unpaired) electrons. The first kappa shape index (κ1) is 22.4. The molecular formula is C24H38N6. The van der Waals surface area contributed by atoms with E-state index in [9.17, 15) is 5.26 Å². The van der Waals surface area contributed by atoms with Crippen molar-refractivity contribution < 1.29 is 0 Å². The van der Waals surface area contributed by atoms with Crippen LogP contribution in [-0.2, 0) is 0 Å². The number of anilines is 1. The zero-order valence-corrected chi connectivity index (χ0v) is 18.7. The van der Waals surface area contributed by atoms with Crippen molar-refractivity contribution in [2.75, 3.05) is 50.7 Å². The molecule has 2 aliphatic heterocycles. The molecule has 2 N–H and O–H groups in total. The molecule has 2 heterocycles. The van der Waals surface area contributed by atoms with Crippen molar-refractivity contribution in [2.24, 2.45) is 10.9 Å². The quantitative estimate of drug-likeness (QED) is 0.534. The standard InChI is InChI=1S/C24H38N6/c1-3-26-24(27-14-11-20-12-16-29(4-2)17-13-20)28-22-9-7-15-30(19-22)23-10-6-5-8-21(23)18-25/h5-6,8,10,20,22H,3-4,7,9,11-17,19H2,1-2H3,(H2,26,27,28). The molecule has 2 saturated heterocycles. The van der Waals surface area contributed by atoms with E-state index in [-0.39, 0.29) is 0 Å². The topological polar surface area (TPSA) is 66.7 Å². The number of hydrogen-bond donors (Lipinski definition) is 2. The van der Waals surface area contributed by atoms with Gasteiger partial charge in [-0.25, -0.2) is 0 Å². The van der Waals surface area contributed by atoms with Crippen LogP contribution >= 0.6 is 0 Å². The van der Waals surface area contributed by atoms with Crippen LogP contribution < -0.4 is 15.5 Å². The van der Waals surface area contributed by atoms with E-state index in [1.54, 1.807) is 0 Å². The predicted molar refractivity (Wildman–Crippen MR) is 125 cm³/mol. The van der Waals surface area contributed by atoms with Gasteiger partial charge in [0, 0.05) is 32.2 Å². The third kappa shape index (κ3) is 6.37. The second-order valence-corrected chi connectivity index (χ2v) is 8.49. The van der Waals surface area contributed by atoms with Gasteiger partial charge in [-0.15, -0.1) is 0 Å². The lowest BCUT2D eigenvalue weighted by Gasteiger charge is -2.36. The second-order valence-electron chi connectivity index (χ2n) is 8.49. The number of nitrogens with one attached hydrogen (secondary N) is 2. The maximum atomic E-state index is 9.44. The molecular weight excluding hydrogens is 372 g/mol. The summed E-state index contributed by atoms with van der Waals surface area (Å²) >= 11 is 0. The molecule has 0 spiro atoms. The molecule has 30 heavy (non-hydrogen) atoms. The Bertz CT molecular complexity index is 717. The number of benzene rings is 1. The number of piperidine rings is 2. The lowest BCUT2D eigenvalue weighted by molar-refractivity contribution is 0.188. The average Bonchev–Trinajstić information content (AvgIpc) is 2.80. The predicted octanol–water partition coefficient (Wildman–Crippen LogP) is 3.20. The van der Waals surface area contributed by atoms with E-state index in [1.165, 1.54) is 38.9 Å². The van der Waals surface area contributed by atoms with Gasteiger partial charge in [-0.3, -0.25) is 4.99 Å². The Hall–Kier alpha value is -2.26. The van der Waals surface area contributed by atoms with Crippen molar-refractivity contribution in [3.8, 4) is 6.07 Å². The molecule has 0 aromatic heterocycles. The maximum Gasteiger partial charge on any atom is 0.191 e. The number of hydrogen-bond acceptors (Lipinski definition) is 4. The fourth-order valence-electron chi connectivity index (χ4n) is 4.62. The van der Waals surface area contributed by atoms with Crippen LogP contribution in [0.15, 0.2) is 29.3 Å². The first-order chi connectivity index (χ1) is 14.7. The summed E-state index contributed by atoms with van der Waals surface area (Å²) in [5.74, 6) is 1.75. The van der Waals surface area contributed by atoms with E-state index in [2.05, 4.69) is 46.4 Å². The Morgan fingerprint density at radius 3 is 2.70 bits per heavy atom. The normalized spacial score (nSPS) is 21.3. The van der Waals surface area contributed by atoms with E-state index in [0.717, 1.165) is 62.1 Å². The summed E-state index contributed by atoms with van der Waals surface area (Å²) in [4.78, 5) is 9.77. The summed E-state index contributed by atoms with van der Waals surface area (Å²) < 4.78 is 0. The van der Waals surface area contributed by atoms with E-state index in [4.69, 9.17) is 4.99 Å². The summed E-state index contributed by atoms with van der Waals surface area (Å²) in [6, 6.07) is 10.6. The van der Waals surface area contributed by atoms with Gasteiger partial charge in [-0.2, -0.15) is 5.26 Å². The summed E-state index contributed by atoms with van der Waals surface area (Å²) in [6.45, 7) is 11.7. The largest absolute Gasteiger partial charge is 0.368 e. The van der Waals surface area contributed by atoms with E-state index >= 15 is 0 Å². The van der Waals surface area contributed by atoms with Crippen LogP contribution in [0.5, 0.6) is 0 Å². The minimum Gasteiger partial charge on any atom is -0.368 e. The van der Waals surface area contributed by atoms with Gasteiger partial charge >= 0.3 is 0 Å². The van der Waals surface area contributed by atoms with Crippen LogP contribution in [0.3, 0.4) is 0 Å². The molecule has 1 aromatic carbocycles. The van der Waals surface area contributed by atoms with Crippen molar-refractivity contribution in [3.05, 3.63) is 29.8 Å². The molecule has 1 atom stereocenters. The first-order valence-electron chi connectivity index (χ1n) is 11.7. The highest BCUT2D eigenvalue weighted by atomic mass is 15.2. The fourth-order valence-corrected chi connectivity index (χ4v) is 4.62. The zero-order valence-electron chi connectivity index (χ0n) is 18.7. The van der Waals surface area contributed by atoms with E-state index < -0.39 is 0 Å². The molecule has 0 amide bonds. The molecule has 2 aliphatic rings. The Labute approximate surface area is 182 Å². The third-order valence-corrected chi connectivity index (χ3v) is 6.43. The monoisotopic (exact) mass is 410 g/mol. The summed E-state index contributed by atoms with van der Waals surface area (Å²) in [5, 5.41) is 16.5. The number of para-hydroxylation sites is 1. The van der Waals surface area contributed by atoms with Crippen LogP contribution in [0, 0.1) is 17.2 Å². The average molecular weight is 411 g/mol. The van der Waals surface area contributed by atoms with Gasteiger partial charge in [0.2, 0.25) is 0 Å². The maximum absolute atomic E-state index is 9.44. The fraction of sp³-hybridized carbons (Fsp3) is 0.667. The summed E-state index contributed by atoms with van der Waals surface area (Å²) in [5.41, 5.74) is 1.81. The molecule has 1 unspecified atom stereocenters. The lowest BCUT2D eigenvalue weighted by Crippen LogP contribution is -2.51. The van der Waals surface area contributed by atoms with Crippen molar-refractivity contribution in [3.63, 3.8) is 0 Å². The number of aliphatic imine (C=N–C) groups is 1. The lowest BCUT2D eigenvalue weighted by atomic mass is 9.94. The number of nitrogens with zero attached hydrogens (tertiary/aromatic N) is 4. The molecule has 0 bridgehead atoms. The molecule has 1 aromatic rings. The highest BCUT2D eigenvalue weighted by molar-refractivity contribution is 5.80. The van der Waals surface area contributed by atoms with Crippen LogP contribution in [-0.4, -0.2) is 62.7 Å². The van der Waals surface area contributed by atoms with Crippen molar-refractivity contribution in [2.45, 2.75) is 52.0 Å². The molecule has 3 rings (SSSR count). The van der Waals surface area contributed by atoms with Crippen molar-refractivity contribution in [1.82, 2.24) is 15.5 Å². The Balaban J connectivity index is 1.52. The molecule has 6 nitrogen and oxygen atoms in total. The SMILES string of the molecule is CCNC(=NCCC1CCN(CC)CC1)NC1CCCN(c2ccccc2C#N)C1. The minimum atomic E-state index is 0.344. The van der Waals surface area contributed by atoms with Crippen LogP contribution in [0.25, 0.3) is 0 Å². The molecule has 164 valence electrons. The first-order valence-corrected chi connectivity index (χ1v) is 11.7. The Morgan fingerprint density at radius 1 is 1.17 bits per heavy atom. The Morgan fingerprint density at radius 2 is 1.97 bits per heavy atom. The number of guanidine groups is 1. The zero-order chi connectivity index (χ0) is 21.2.